The van der Waals surface area contributed by atoms with E-state index in [0.717, 1.165) is 16.7 Å². The molecule has 4 heteroatoms. The van der Waals surface area contributed by atoms with Gasteiger partial charge in [-0.15, -0.1) is 0 Å². The number of nitrogens with zero attached hydrogens (tertiary/aromatic N) is 1. The molecule has 0 saturated heterocycles. The predicted molar refractivity (Wildman–Crippen MR) is 72.5 cm³/mol. The van der Waals surface area contributed by atoms with Crippen LogP contribution in [-0.2, 0) is 0 Å². The van der Waals surface area contributed by atoms with Crippen molar-refractivity contribution in [2.75, 3.05) is 0 Å². The summed E-state index contributed by atoms with van der Waals surface area (Å²) in [6, 6.07) is 5.83. The van der Waals surface area contributed by atoms with Crippen LogP contribution in [0.15, 0.2) is 22.7 Å². The molecule has 2 aromatic rings. The van der Waals surface area contributed by atoms with Gasteiger partial charge in [0.25, 0.3) is 0 Å². The monoisotopic (exact) mass is 259 g/mol. The fraction of sp³-hybridized carbons (Fsp3) is 0.333. The Hall–Kier alpha value is -2.10. The van der Waals surface area contributed by atoms with Gasteiger partial charge in [-0.2, -0.15) is 0 Å². The number of hydrogen-bond donors (Lipinski definition) is 1. The zero-order valence-corrected chi connectivity index (χ0v) is 11.5. The van der Waals surface area contributed by atoms with Crippen molar-refractivity contribution in [3.63, 3.8) is 0 Å². The minimum Gasteiger partial charge on any atom is -0.477 e. The standard InChI is InChI=1S/C15H17NO3/c1-8(2)14-12(15(17)18)13(16-19-14)11-9(3)6-5-7-10(11)4/h5-8H,1-4H3,(H,17,18). The molecule has 0 aliphatic rings. The smallest absolute Gasteiger partial charge is 0.341 e. The van der Waals surface area contributed by atoms with Gasteiger partial charge in [0, 0.05) is 11.5 Å². The topological polar surface area (TPSA) is 63.3 Å². The molecule has 4 nitrogen and oxygen atoms in total. The number of benzene rings is 1. The molecule has 0 fully saturated rings. The summed E-state index contributed by atoms with van der Waals surface area (Å²) < 4.78 is 5.25. The lowest BCUT2D eigenvalue weighted by Gasteiger charge is -2.07. The highest BCUT2D eigenvalue weighted by molar-refractivity contribution is 5.96. The van der Waals surface area contributed by atoms with Crippen LogP contribution in [0.2, 0.25) is 0 Å². The van der Waals surface area contributed by atoms with E-state index in [2.05, 4.69) is 5.16 Å². The van der Waals surface area contributed by atoms with Crippen molar-refractivity contribution in [3.8, 4) is 11.3 Å². The van der Waals surface area contributed by atoms with E-state index in [1.807, 2.05) is 45.9 Å². The second kappa shape index (κ2) is 4.88. The zero-order chi connectivity index (χ0) is 14.2. The van der Waals surface area contributed by atoms with E-state index < -0.39 is 5.97 Å². The molecule has 100 valence electrons. The first kappa shape index (κ1) is 13.3. The van der Waals surface area contributed by atoms with E-state index >= 15 is 0 Å². The van der Waals surface area contributed by atoms with Gasteiger partial charge in [-0.25, -0.2) is 4.79 Å². The van der Waals surface area contributed by atoms with Crippen LogP contribution in [0.5, 0.6) is 0 Å². The molecule has 0 aliphatic heterocycles. The third-order valence-electron chi connectivity index (χ3n) is 3.17. The van der Waals surface area contributed by atoms with Crippen molar-refractivity contribution in [1.29, 1.82) is 0 Å². The minimum absolute atomic E-state index is 0.0170. The molecule has 0 radical (unpaired) electrons. The molecular formula is C15H17NO3. The lowest BCUT2D eigenvalue weighted by Crippen LogP contribution is -2.03. The maximum atomic E-state index is 11.5. The maximum absolute atomic E-state index is 11.5. The first-order valence-electron chi connectivity index (χ1n) is 6.23. The summed E-state index contributed by atoms with van der Waals surface area (Å²) in [4.78, 5) is 11.5. The molecule has 0 bridgehead atoms. The lowest BCUT2D eigenvalue weighted by atomic mass is 9.95. The van der Waals surface area contributed by atoms with Crippen molar-refractivity contribution in [2.24, 2.45) is 0 Å². The summed E-state index contributed by atoms with van der Waals surface area (Å²) in [5.74, 6) is -0.593. The van der Waals surface area contributed by atoms with Crippen molar-refractivity contribution in [3.05, 3.63) is 40.6 Å². The Morgan fingerprint density at radius 1 is 1.26 bits per heavy atom. The molecule has 1 N–H and O–H groups in total. The van der Waals surface area contributed by atoms with Gasteiger partial charge >= 0.3 is 5.97 Å². The summed E-state index contributed by atoms with van der Waals surface area (Å²) in [5, 5.41) is 13.4. The highest BCUT2D eigenvalue weighted by Crippen LogP contribution is 2.33. The Morgan fingerprint density at radius 3 is 2.32 bits per heavy atom. The summed E-state index contributed by atoms with van der Waals surface area (Å²) in [6.45, 7) is 7.66. The highest BCUT2D eigenvalue weighted by Gasteiger charge is 2.26. The summed E-state index contributed by atoms with van der Waals surface area (Å²) in [7, 11) is 0. The molecule has 1 heterocycles. The van der Waals surface area contributed by atoms with Crippen LogP contribution < -0.4 is 0 Å². The van der Waals surface area contributed by atoms with Gasteiger partial charge in [0.1, 0.15) is 11.3 Å². The van der Waals surface area contributed by atoms with E-state index in [9.17, 15) is 9.90 Å². The Morgan fingerprint density at radius 2 is 1.84 bits per heavy atom. The fourth-order valence-electron chi connectivity index (χ4n) is 2.26. The Kier molecular flexibility index (Phi) is 3.42. The number of carboxylic acid groups (broad SMARTS) is 1. The van der Waals surface area contributed by atoms with Gasteiger partial charge in [-0.1, -0.05) is 37.2 Å². The lowest BCUT2D eigenvalue weighted by molar-refractivity contribution is 0.0694. The third-order valence-corrected chi connectivity index (χ3v) is 3.17. The predicted octanol–water partition coefficient (Wildman–Crippen LogP) is 3.78. The maximum Gasteiger partial charge on any atom is 0.341 e. The third kappa shape index (κ3) is 2.26. The molecular weight excluding hydrogens is 242 g/mol. The van der Waals surface area contributed by atoms with Crippen molar-refractivity contribution < 1.29 is 14.4 Å². The molecule has 1 aromatic carbocycles. The number of carbonyl (C=O) groups is 1. The fourth-order valence-corrected chi connectivity index (χ4v) is 2.26. The second-order valence-corrected chi connectivity index (χ2v) is 5.00. The molecule has 0 unspecified atom stereocenters. The SMILES string of the molecule is Cc1cccc(C)c1-c1noc(C(C)C)c1C(=O)O. The van der Waals surface area contributed by atoms with E-state index in [4.69, 9.17) is 4.52 Å². The van der Waals surface area contributed by atoms with Crippen molar-refractivity contribution in [1.82, 2.24) is 5.16 Å². The van der Waals surface area contributed by atoms with Crippen LogP contribution in [0.4, 0.5) is 0 Å². The highest BCUT2D eigenvalue weighted by atomic mass is 16.5. The minimum atomic E-state index is -0.998. The van der Waals surface area contributed by atoms with Crippen molar-refractivity contribution in [2.45, 2.75) is 33.6 Å². The number of hydrogen-bond acceptors (Lipinski definition) is 3. The van der Waals surface area contributed by atoms with Crippen LogP contribution in [0, 0.1) is 13.8 Å². The Bertz CT molecular complexity index is 606. The Labute approximate surface area is 112 Å². The molecule has 19 heavy (non-hydrogen) atoms. The van der Waals surface area contributed by atoms with E-state index in [1.165, 1.54) is 0 Å². The molecule has 0 aliphatic carbocycles. The number of aromatic carboxylic acids is 1. The normalized spacial score (nSPS) is 11.0. The van der Waals surface area contributed by atoms with Gasteiger partial charge in [-0.05, 0) is 25.0 Å². The number of aryl methyl sites for hydroxylation is 2. The van der Waals surface area contributed by atoms with Crippen LogP contribution >= 0.6 is 0 Å². The molecule has 0 amide bonds. The van der Waals surface area contributed by atoms with Crippen LogP contribution in [0.1, 0.15) is 47.0 Å². The average molecular weight is 259 g/mol. The first-order chi connectivity index (χ1) is 8.93. The van der Waals surface area contributed by atoms with Gasteiger partial charge in [0.05, 0.1) is 0 Å². The Balaban J connectivity index is 2.73. The zero-order valence-electron chi connectivity index (χ0n) is 11.5. The number of carboxylic acids is 1. The van der Waals surface area contributed by atoms with Gasteiger partial charge in [-0.3, -0.25) is 0 Å². The quantitative estimate of drug-likeness (QED) is 0.911. The molecule has 0 saturated carbocycles. The summed E-state index contributed by atoms with van der Waals surface area (Å²) in [6.07, 6.45) is 0. The second-order valence-electron chi connectivity index (χ2n) is 5.00. The van der Waals surface area contributed by atoms with E-state index in [1.54, 1.807) is 0 Å². The average Bonchev–Trinajstić information content (AvgIpc) is 2.73. The van der Waals surface area contributed by atoms with Crippen LogP contribution in [0.25, 0.3) is 11.3 Å². The number of rotatable bonds is 3. The van der Waals surface area contributed by atoms with Gasteiger partial charge < -0.3 is 9.63 Å². The van der Waals surface area contributed by atoms with Crippen molar-refractivity contribution >= 4 is 5.97 Å². The molecule has 0 spiro atoms. The van der Waals surface area contributed by atoms with Gasteiger partial charge in [0.2, 0.25) is 0 Å². The summed E-state index contributed by atoms with van der Waals surface area (Å²) in [5.41, 5.74) is 3.42. The largest absolute Gasteiger partial charge is 0.477 e. The first-order valence-corrected chi connectivity index (χ1v) is 6.23. The molecule has 1 aromatic heterocycles. The summed E-state index contributed by atoms with van der Waals surface area (Å²) >= 11 is 0. The number of aromatic nitrogens is 1. The van der Waals surface area contributed by atoms with Crippen LogP contribution in [0.3, 0.4) is 0 Å². The van der Waals surface area contributed by atoms with Gasteiger partial charge in [0.15, 0.2) is 5.76 Å². The molecule has 0 atom stereocenters. The van der Waals surface area contributed by atoms with E-state index in [-0.39, 0.29) is 11.5 Å². The van der Waals surface area contributed by atoms with E-state index in [0.29, 0.717) is 11.5 Å². The molecule has 2 rings (SSSR count). The van der Waals surface area contributed by atoms with Crippen LogP contribution in [-0.4, -0.2) is 16.2 Å².